The van der Waals surface area contributed by atoms with Gasteiger partial charge in [0.15, 0.2) is 0 Å². The van der Waals surface area contributed by atoms with Gasteiger partial charge in [-0.2, -0.15) is 0 Å². The summed E-state index contributed by atoms with van der Waals surface area (Å²) in [5, 5.41) is 0. The van der Waals surface area contributed by atoms with Gasteiger partial charge in [0.05, 0.1) is 19.2 Å². The molecule has 2 rings (SSSR count). The van der Waals surface area contributed by atoms with E-state index in [1.165, 1.54) is 0 Å². The Morgan fingerprint density at radius 2 is 1.85 bits per heavy atom. The van der Waals surface area contributed by atoms with Crippen LogP contribution in [0, 0.1) is 0 Å². The molecule has 1 heterocycles. The van der Waals surface area contributed by atoms with Gasteiger partial charge in [0, 0.05) is 26.2 Å². The van der Waals surface area contributed by atoms with Gasteiger partial charge in [-0.05, 0) is 12.1 Å². The van der Waals surface area contributed by atoms with E-state index >= 15 is 0 Å². The normalized spacial score (nSPS) is 15.9. The first kappa shape index (κ1) is 14.3. The van der Waals surface area contributed by atoms with E-state index < -0.39 is 0 Å². The molecule has 1 aliphatic heterocycles. The van der Waals surface area contributed by atoms with Crippen molar-refractivity contribution in [1.82, 2.24) is 9.80 Å². The van der Waals surface area contributed by atoms with E-state index in [1.54, 1.807) is 24.1 Å². The molecule has 0 aromatic heterocycles. The third-order valence-electron chi connectivity index (χ3n) is 3.38. The maximum absolute atomic E-state index is 12.4. The first-order valence-corrected chi connectivity index (χ1v) is 6.54. The zero-order valence-corrected chi connectivity index (χ0v) is 11.5. The zero-order chi connectivity index (χ0) is 14.5. The molecule has 0 saturated carbocycles. The summed E-state index contributed by atoms with van der Waals surface area (Å²) in [6.45, 7) is 2.73. The van der Waals surface area contributed by atoms with Crippen LogP contribution in [0.3, 0.4) is 0 Å². The Labute approximate surface area is 118 Å². The number of piperazine rings is 1. The summed E-state index contributed by atoms with van der Waals surface area (Å²) in [5.41, 5.74) is 5.74. The first-order chi connectivity index (χ1) is 9.61. The number of nitrogens with zero attached hydrogens (tertiary/aromatic N) is 2. The number of amides is 2. The number of carbonyl (C=O) groups is 2. The van der Waals surface area contributed by atoms with E-state index in [0.717, 1.165) is 0 Å². The van der Waals surface area contributed by atoms with Crippen LogP contribution in [0.1, 0.15) is 10.4 Å². The molecular formula is C14H19N3O3. The number of rotatable bonds is 4. The summed E-state index contributed by atoms with van der Waals surface area (Å²) in [4.78, 5) is 27.0. The molecule has 6 heteroatoms. The Morgan fingerprint density at radius 3 is 2.45 bits per heavy atom. The summed E-state index contributed by atoms with van der Waals surface area (Å²) in [6, 6.07) is 7.19. The molecule has 1 fully saturated rings. The minimum absolute atomic E-state index is 0.0406. The highest BCUT2D eigenvalue weighted by molar-refractivity contribution is 5.97. The van der Waals surface area contributed by atoms with Gasteiger partial charge >= 0.3 is 0 Å². The minimum atomic E-state index is -0.338. The lowest BCUT2D eigenvalue weighted by molar-refractivity contribution is -0.119. The molecule has 6 nitrogen and oxygen atoms in total. The quantitative estimate of drug-likeness (QED) is 0.836. The predicted octanol–water partition coefficient (Wildman–Crippen LogP) is -0.0617. The zero-order valence-electron chi connectivity index (χ0n) is 11.5. The highest BCUT2D eigenvalue weighted by atomic mass is 16.5. The summed E-state index contributed by atoms with van der Waals surface area (Å²) < 4.78 is 5.21. The van der Waals surface area contributed by atoms with Crippen molar-refractivity contribution >= 4 is 11.8 Å². The van der Waals surface area contributed by atoms with Crippen molar-refractivity contribution in [1.29, 1.82) is 0 Å². The highest BCUT2D eigenvalue weighted by Crippen LogP contribution is 2.20. The van der Waals surface area contributed by atoms with Crippen LogP contribution in [0.15, 0.2) is 24.3 Å². The Balaban J connectivity index is 2.00. The maximum atomic E-state index is 12.4. The molecule has 0 unspecified atom stereocenters. The second kappa shape index (κ2) is 6.38. The Hall–Kier alpha value is -2.08. The Morgan fingerprint density at radius 1 is 1.20 bits per heavy atom. The van der Waals surface area contributed by atoms with Crippen LogP contribution >= 0.6 is 0 Å². The van der Waals surface area contributed by atoms with Crippen molar-refractivity contribution in [3.63, 3.8) is 0 Å². The lowest BCUT2D eigenvalue weighted by Gasteiger charge is -2.34. The number of ether oxygens (including phenoxy) is 1. The van der Waals surface area contributed by atoms with E-state index in [4.69, 9.17) is 10.5 Å². The topological polar surface area (TPSA) is 75.9 Å². The van der Waals surface area contributed by atoms with Gasteiger partial charge in [0.2, 0.25) is 5.91 Å². The van der Waals surface area contributed by atoms with Crippen molar-refractivity contribution in [2.45, 2.75) is 0 Å². The van der Waals surface area contributed by atoms with Gasteiger partial charge in [0.25, 0.3) is 5.91 Å². The molecule has 0 spiro atoms. The van der Waals surface area contributed by atoms with Crippen LogP contribution in [0.5, 0.6) is 5.75 Å². The molecule has 0 atom stereocenters. The number of methoxy groups -OCH3 is 1. The van der Waals surface area contributed by atoms with E-state index in [2.05, 4.69) is 0 Å². The minimum Gasteiger partial charge on any atom is -0.496 e. The van der Waals surface area contributed by atoms with Crippen LogP contribution in [-0.4, -0.2) is 61.4 Å². The van der Waals surface area contributed by atoms with Crippen LogP contribution in [-0.2, 0) is 4.79 Å². The number of nitrogens with two attached hydrogens (primary N) is 1. The van der Waals surface area contributed by atoms with Gasteiger partial charge in [-0.1, -0.05) is 12.1 Å². The van der Waals surface area contributed by atoms with Gasteiger partial charge in [-0.15, -0.1) is 0 Å². The van der Waals surface area contributed by atoms with Crippen molar-refractivity contribution < 1.29 is 14.3 Å². The molecule has 2 N–H and O–H groups in total. The molecule has 2 amide bonds. The number of benzene rings is 1. The molecule has 108 valence electrons. The maximum Gasteiger partial charge on any atom is 0.257 e. The van der Waals surface area contributed by atoms with E-state index in [-0.39, 0.29) is 18.4 Å². The summed E-state index contributed by atoms with van der Waals surface area (Å²) >= 11 is 0. The lowest BCUT2D eigenvalue weighted by Crippen LogP contribution is -2.50. The van der Waals surface area contributed by atoms with E-state index in [9.17, 15) is 9.59 Å². The number of para-hydroxylation sites is 1. The molecule has 20 heavy (non-hydrogen) atoms. The fourth-order valence-electron chi connectivity index (χ4n) is 2.32. The summed E-state index contributed by atoms with van der Waals surface area (Å²) in [5.74, 6) is 0.202. The molecule has 0 radical (unpaired) electrons. The standard InChI is InChI=1S/C14H19N3O3/c1-20-12-5-3-2-4-11(12)14(19)17-8-6-16(7-9-17)10-13(15)18/h2-5H,6-10H2,1H3,(H2,15,18). The van der Waals surface area contributed by atoms with Gasteiger partial charge in [0.1, 0.15) is 5.75 Å². The van der Waals surface area contributed by atoms with Crippen molar-refractivity contribution in [2.24, 2.45) is 5.73 Å². The monoisotopic (exact) mass is 277 g/mol. The third kappa shape index (κ3) is 3.27. The van der Waals surface area contributed by atoms with Crippen LogP contribution in [0.25, 0.3) is 0 Å². The van der Waals surface area contributed by atoms with Crippen LogP contribution in [0.4, 0.5) is 0 Å². The van der Waals surface area contributed by atoms with Crippen molar-refractivity contribution in [3.05, 3.63) is 29.8 Å². The fourth-order valence-corrected chi connectivity index (χ4v) is 2.32. The SMILES string of the molecule is COc1ccccc1C(=O)N1CCN(CC(N)=O)CC1. The van der Waals surface area contributed by atoms with Gasteiger partial charge < -0.3 is 15.4 Å². The first-order valence-electron chi connectivity index (χ1n) is 6.54. The molecule has 0 aliphatic carbocycles. The fraction of sp³-hybridized carbons (Fsp3) is 0.429. The molecular weight excluding hydrogens is 258 g/mol. The third-order valence-corrected chi connectivity index (χ3v) is 3.38. The van der Waals surface area contributed by atoms with Gasteiger partial charge in [-0.25, -0.2) is 0 Å². The Bertz CT molecular complexity index is 496. The van der Waals surface area contributed by atoms with Crippen LogP contribution < -0.4 is 10.5 Å². The molecule has 1 aliphatic rings. The van der Waals surface area contributed by atoms with E-state index in [0.29, 0.717) is 37.5 Å². The van der Waals surface area contributed by atoms with Crippen LogP contribution in [0.2, 0.25) is 0 Å². The second-order valence-corrected chi connectivity index (χ2v) is 4.73. The van der Waals surface area contributed by atoms with Crippen molar-refractivity contribution in [2.75, 3.05) is 39.8 Å². The average Bonchev–Trinajstić information content (AvgIpc) is 2.46. The molecule has 1 saturated heterocycles. The Kier molecular flexibility index (Phi) is 4.57. The highest BCUT2D eigenvalue weighted by Gasteiger charge is 2.24. The smallest absolute Gasteiger partial charge is 0.257 e. The summed E-state index contributed by atoms with van der Waals surface area (Å²) in [7, 11) is 1.55. The average molecular weight is 277 g/mol. The molecule has 1 aromatic carbocycles. The van der Waals surface area contributed by atoms with Gasteiger partial charge in [-0.3, -0.25) is 14.5 Å². The summed E-state index contributed by atoms with van der Waals surface area (Å²) in [6.07, 6.45) is 0. The second-order valence-electron chi connectivity index (χ2n) is 4.73. The predicted molar refractivity (Wildman–Crippen MR) is 74.5 cm³/mol. The van der Waals surface area contributed by atoms with Crippen molar-refractivity contribution in [3.8, 4) is 5.75 Å². The number of carbonyl (C=O) groups excluding carboxylic acids is 2. The number of hydrogen-bond donors (Lipinski definition) is 1. The molecule has 0 bridgehead atoms. The molecule has 1 aromatic rings. The lowest BCUT2D eigenvalue weighted by atomic mass is 10.1. The largest absolute Gasteiger partial charge is 0.496 e. The van der Waals surface area contributed by atoms with E-state index in [1.807, 2.05) is 17.0 Å². The number of primary amides is 1. The number of hydrogen-bond acceptors (Lipinski definition) is 4.